The van der Waals surface area contributed by atoms with Crippen molar-refractivity contribution < 1.29 is 18.0 Å². The Bertz CT molecular complexity index is 489. The minimum absolute atomic E-state index is 0.175. The van der Waals surface area contributed by atoms with Gasteiger partial charge in [-0.3, -0.25) is 4.79 Å². The van der Waals surface area contributed by atoms with Gasteiger partial charge in [0.1, 0.15) is 5.82 Å². The second kappa shape index (κ2) is 5.36. The summed E-state index contributed by atoms with van der Waals surface area (Å²) in [7, 11) is 0. The van der Waals surface area contributed by atoms with Crippen molar-refractivity contribution in [2.24, 2.45) is 0 Å². The lowest BCUT2D eigenvalue weighted by atomic mass is 10.2. The molecule has 1 heterocycles. The molecule has 4 nitrogen and oxygen atoms in total. The van der Waals surface area contributed by atoms with Crippen LogP contribution in [0, 0.1) is 0 Å². The van der Waals surface area contributed by atoms with Crippen LogP contribution in [0.3, 0.4) is 0 Å². The number of hydrogen-bond donors (Lipinski definition) is 2. The summed E-state index contributed by atoms with van der Waals surface area (Å²) in [5.41, 5.74) is -0.902. The summed E-state index contributed by atoms with van der Waals surface area (Å²) in [6.45, 7) is -0.228. The van der Waals surface area contributed by atoms with E-state index in [0.717, 1.165) is 18.9 Å². The third-order valence-corrected chi connectivity index (χ3v) is 2.95. The molecule has 0 aromatic carbocycles. The Kier molecular flexibility index (Phi) is 3.98. The molecule has 2 rings (SSSR count). The highest BCUT2D eigenvalue weighted by molar-refractivity contribution is 9.10. The number of aromatic nitrogens is 1. The quantitative estimate of drug-likeness (QED) is 0.887. The van der Waals surface area contributed by atoms with E-state index in [1.54, 1.807) is 0 Å². The predicted molar refractivity (Wildman–Crippen MR) is 66.6 cm³/mol. The molecular weight excluding hydrogens is 327 g/mol. The molecule has 1 aliphatic rings. The summed E-state index contributed by atoms with van der Waals surface area (Å²) in [6.07, 6.45) is -1.42. The van der Waals surface area contributed by atoms with E-state index >= 15 is 0 Å². The van der Waals surface area contributed by atoms with Gasteiger partial charge in [0.25, 0.3) is 0 Å². The minimum Gasteiger partial charge on any atom is -0.361 e. The average molecular weight is 338 g/mol. The fourth-order valence-corrected chi connectivity index (χ4v) is 1.80. The van der Waals surface area contributed by atoms with Crippen LogP contribution in [0.2, 0.25) is 0 Å². The zero-order valence-electron chi connectivity index (χ0n) is 9.72. The molecule has 0 unspecified atom stereocenters. The maximum atomic E-state index is 12.8. The van der Waals surface area contributed by atoms with Gasteiger partial charge in [0.2, 0.25) is 5.91 Å². The summed E-state index contributed by atoms with van der Waals surface area (Å²) >= 11 is 2.94. The van der Waals surface area contributed by atoms with Gasteiger partial charge in [0, 0.05) is 16.7 Å². The molecule has 8 heteroatoms. The van der Waals surface area contributed by atoms with Crippen LogP contribution >= 0.6 is 15.9 Å². The molecule has 2 N–H and O–H groups in total. The first-order valence-electron chi connectivity index (χ1n) is 5.62. The van der Waals surface area contributed by atoms with E-state index in [1.807, 2.05) is 0 Å². The van der Waals surface area contributed by atoms with E-state index in [-0.39, 0.29) is 28.8 Å². The molecule has 1 aromatic rings. The zero-order chi connectivity index (χ0) is 14.0. The summed E-state index contributed by atoms with van der Waals surface area (Å²) < 4.78 is 38.5. The van der Waals surface area contributed by atoms with Crippen molar-refractivity contribution in [3.8, 4) is 0 Å². The smallest absolute Gasteiger partial charge is 0.361 e. The minimum atomic E-state index is -4.52. The zero-order valence-corrected chi connectivity index (χ0v) is 11.3. The monoisotopic (exact) mass is 337 g/mol. The third kappa shape index (κ3) is 4.09. The Balaban J connectivity index is 2.04. The lowest BCUT2D eigenvalue weighted by Crippen LogP contribution is -2.32. The van der Waals surface area contributed by atoms with Crippen LogP contribution in [-0.4, -0.2) is 23.5 Å². The van der Waals surface area contributed by atoms with E-state index in [0.29, 0.717) is 0 Å². The predicted octanol–water partition coefficient (Wildman–Crippen LogP) is 2.55. The highest BCUT2D eigenvalue weighted by atomic mass is 79.9. The first kappa shape index (κ1) is 14.1. The lowest BCUT2D eigenvalue weighted by molar-refractivity contribution is -0.137. The third-order valence-electron chi connectivity index (χ3n) is 2.52. The van der Waals surface area contributed by atoms with Crippen molar-refractivity contribution in [2.75, 3.05) is 11.9 Å². The largest absolute Gasteiger partial charge is 0.419 e. The van der Waals surface area contributed by atoms with Gasteiger partial charge in [-0.05, 0) is 34.8 Å². The Morgan fingerprint density at radius 3 is 2.74 bits per heavy atom. The highest BCUT2D eigenvalue weighted by Gasteiger charge is 2.34. The average Bonchev–Trinajstić information content (AvgIpc) is 3.10. The molecule has 1 saturated carbocycles. The topological polar surface area (TPSA) is 54.0 Å². The van der Waals surface area contributed by atoms with Gasteiger partial charge in [-0.15, -0.1) is 0 Å². The molecule has 0 spiro atoms. The molecule has 0 bridgehead atoms. The molecule has 0 radical (unpaired) electrons. The lowest BCUT2D eigenvalue weighted by Gasteiger charge is -2.13. The van der Waals surface area contributed by atoms with Crippen LogP contribution in [0.5, 0.6) is 0 Å². The van der Waals surface area contributed by atoms with E-state index in [4.69, 9.17) is 0 Å². The number of halogens is 4. The van der Waals surface area contributed by atoms with E-state index < -0.39 is 11.7 Å². The molecule has 0 aliphatic heterocycles. The van der Waals surface area contributed by atoms with Crippen molar-refractivity contribution in [1.29, 1.82) is 0 Å². The van der Waals surface area contributed by atoms with Gasteiger partial charge in [-0.2, -0.15) is 13.2 Å². The molecule has 0 saturated heterocycles. The molecule has 0 atom stereocenters. The highest BCUT2D eigenvalue weighted by Crippen LogP contribution is 2.35. The van der Waals surface area contributed by atoms with Crippen LogP contribution in [-0.2, 0) is 11.0 Å². The Hall–Kier alpha value is -1.31. The van der Waals surface area contributed by atoms with Gasteiger partial charge in [-0.25, -0.2) is 4.98 Å². The first-order valence-corrected chi connectivity index (χ1v) is 6.41. The van der Waals surface area contributed by atoms with Crippen LogP contribution in [0.4, 0.5) is 19.0 Å². The number of pyridine rings is 1. The van der Waals surface area contributed by atoms with E-state index in [1.165, 1.54) is 6.20 Å². The summed E-state index contributed by atoms with van der Waals surface area (Å²) in [6, 6.07) is 1.10. The van der Waals surface area contributed by atoms with E-state index in [9.17, 15) is 18.0 Å². The summed E-state index contributed by atoms with van der Waals surface area (Å²) in [4.78, 5) is 15.1. The number of carbonyl (C=O) groups excluding carboxylic acids is 1. The molecule has 1 aromatic heterocycles. The second-order valence-corrected chi connectivity index (χ2v) is 5.16. The van der Waals surface area contributed by atoms with Gasteiger partial charge in [0.05, 0.1) is 12.1 Å². The Morgan fingerprint density at radius 1 is 1.47 bits per heavy atom. The Morgan fingerprint density at radius 2 is 2.16 bits per heavy atom. The van der Waals surface area contributed by atoms with Gasteiger partial charge >= 0.3 is 6.18 Å². The van der Waals surface area contributed by atoms with Crippen molar-refractivity contribution in [1.82, 2.24) is 10.3 Å². The van der Waals surface area contributed by atoms with Gasteiger partial charge in [0.15, 0.2) is 0 Å². The Labute approximate surface area is 115 Å². The molecule has 1 fully saturated rings. The van der Waals surface area contributed by atoms with Gasteiger partial charge in [-0.1, -0.05) is 0 Å². The second-order valence-electron chi connectivity index (χ2n) is 4.24. The normalized spacial score (nSPS) is 15.2. The van der Waals surface area contributed by atoms with Crippen molar-refractivity contribution in [3.05, 3.63) is 22.3 Å². The standard InChI is InChI=1S/C11H11BrF3N3O/c12-6-3-8(11(13,14)15)10(16-4-6)17-5-9(19)18-7-1-2-7/h3-4,7H,1-2,5H2,(H,16,17)(H,18,19). The van der Waals surface area contributed by atoms with Crippen LogP contribution in [0.1, 0.15) is 18.4 Å². The number of hydrogen-bond acceptors (Lipinski definition) is 3. The number of amides is 1. The molecule has 104 valence electrons. The molecular formula is C11H11BrF3N3O. The number of nitrogens with one attached hydrogen (secondary N) is 2. The number of anilines is 1. The first-order chi connectivity index (χ1) is 8.86. The fraction of sp³-hybridized carbons (Fsp3) is 0.455. The number of alkyl halides is 3. The fourth-order valence-electron chi connectivity index (χ4n) is 1.47. The molecule has 19 heavy (non-hydrogen) atoms. The van der Waals surface area contributed by atoms with Crippen LogP contribution < -0.4 is 10.6 Å². The van der Waals surface area contributed by atoms with E-state index in [2.05, 4.69) is 31.5 Å². The van der Waals surface area contributed by atoms with Crippen LogP contribution in [0.25, 0.3) is 0 Å². The SMILES string of the molecule is O=C(CNc1ncc(Br)cc1C(F)(F)F)NC1CC1. The summed E-state index contributed by atoms with van der Waals surface area (Å²) in [5.74, 6) is -0.679. The molecule has 1 amide bonds. The van der Waals surface area contributed by atoms with Gasteiger partial charge < -0.3 is 10.6 Å². The maximum absolute atomic E-state index is 12.8. The number of nitrogens with zero attached hydrogens (tertiary/aromatic N) is 1. The van der Waals surface area contributed by atoms with Crippen molar-refractivity contribution in [3.63, 3.8) is 0 Å². The van der Waals surface area contributed by atoms with Crippen molar-refractivity contribution in [2.45, 2.75) is 25.1 Å². The summed E-state index contributed by atoms with van der Waals surface area (Å²) in [5, 5.41) is 5.09. The van der Waals surface area contributed by atoms with Crippen LogP contribution in [0.15, 0.2) is 16.7 Å². The number of rotatable bonds is 4. The number of carbonyl (C=O) groups is 1. The molecule has 1 aliphatic carbocycles. The maximum Gasteiger partial charge on any atom is 0.419 e. The van der Waals surface area contributed by atoms with Crippen molar-refractivity contribution >= 4 is 27.7 Å².